The molecule has 0 spiro atoms. The fraction of sp³-hybridized carbons (Fsp3) is 1.00. The Labute approximate surface area is 123 Å². The molecule has 1 aliphatic heterocycles. The Morgan fingerprint density at radius 3 is 2.50 bits per heavy atom. The quantitative estimate of drug-likeness (QED) is 0.592. The van der Waals surface area contributed by atoms with Crippen molar-refractivity contribution in [2.45, 2.75) is 70.1 Å². The van der Waals surface area contributed by atoms with Gasteiger partial charge in [-0.05, 0) is 13.0 Å². The Morgan fingerprint density at radius 2 is 1.83 bits per heavy atom. The number of nitrogens with one attached hydrogen (secondary N) is 1. The third kappa shape index (κ3) is 7.30. The lowest BCUT2D eigenvalue weighted by Crippen LogP contribution is -2.40. The van der Waals surface area contributed by atoms with Crippen LogP contribution in [-0.4, -0.2) is 35.1 Å². The molecule has 2 unspecified atom stereocenters. The van der Waals surface area contributed by atoms with E-state index in [1.165, 1.54) is 62.2 Å². The number of thioether (sulfide) groups is 2. The third-order valence-corrected chi connectivity index (χ3v) is 6.55. The molecule has 0 bridgehead atoms. The van der Waals surface area contributed by atoms with Gasteiger partial charge in [0.25, 0.3) is 0 Å². The summed E-state index contributed by atoms with van der Waals surface area (Å²) in [6, 6.07) is 0.763. The van der Waals surface area contributed by atoms with Crippen LogP contribution >= 0.6 is 23.5 Å². The molecule has 0 radical (unpaired) electrons. The van der Waals surface area contributed by atoms with Crippen molar-refractivity contribution in [2.75, 3.05) is 23.8 Å². The lowest BCUT2D eigenvalue weighted by molar-refractivity contribution is 0.461. The van der Waals surface area contributed by atoms with Gasteiger partial charge in [-0.1, -0.05) is 52.4 Å². The average molecular weight is 290 g/mol. The molecule has 0 amide bonds. The zero-order valence-corrected chi connectivity index (χ0v) is 13.9. The van der Waals surface area contributed by atoms with E-state index in [4.69, 9.17) is 0 Å². The van der Waals surface area contributed by atoms with Crippen molar-refractivity contribution < 1.29 is 0 Å². The van der Waals surface area contributed by atoms with Crippen LogP contribution in [0.5, 0.6) is 0 Å². The predicted molar refractivity (Wildman–Crippen MR) is 89.0 cm³/mol. The van der Waals surface area contributed by atoms with Crippen LogP contribution in [0.1, 0.15) is 58.8 Å². The predicted octanol–water partition coefficient (Wildman–Crippen LogP) is 4.56. The van der Waals surface area contributed by atoms with E-state index >= 15 is 0 Å². The smallest absolute Gasteiger partial charge is 0.0291 e. The van der Waals surface area contributed by atoms with Gasteiger partial charge in [-0.3, -0.25) is 0 Å². The zero-order valence-electron chi connectivity index (χ0n) is 12.2. The van der Waals surface area contributed by atoms with Crippen LogP contribution in [0.25, 0.3) is 0 Å². The summed E-state index contributed by atoms with van der Waals surface area (Å²) in [5.41, 5.74) is 0. The maximum atomic E-state index is 3.72. The Bertz CT molecular complexity index is 181. The summed E-state index contributed by atoms with van der Waals surface area (Å²) in [5.74, 6) is 4.07. The lowest BCUT2D eigenvalue weighted by Gasteiger charge is -2.30. The first-order valence-electron chi connectivity index (χ1n) is 7.81. The van der Waals surface area contributed by atoms with Gasteiger partial charge in [-0.15, -0.1) is 0 Å². The summed E-state index contributed by atoms with van der Waals surface area (Å²) in [6.07, 6.45) is 9.91. The highest BCUT2D eigenvalue weighted by atomic mass is 32.2. The van der Waals surface area contributed by atoms with E-state index in [1.807, 2.05) is 0 Å². The molecular weight excluding hydrogens is 258 g/mol. The minimum absolute atomic E-state index is 0.763. The molecule has 1 nitrogen and oxygen atoms in total. The summed E-state index contributed by atoms with van der Waals surface area (Å²) in [4.78, 5) is 0. The van der Waals surface area contributed by atoms with E-state index in [-0.39, 0.29) is 0 Å². The van der Waals surface area contributed by atoms with Crippen molar-refractivity contribution in [3.05, 3.63) is 0 Å². The first-order chi connectivity index (χ1) is 8.88. The number of rotatable bonds is 10. The molecule has 0 saturated carbocycles. The topological polar surface area (TPSA) is 12.0 Å². The van der Waals surface area contributed by atoms with Crippen LogP contribution in [0.2, 0.25) is 0 Å². The van der Waals surface area contributed by atoms with Gasteiger partial charge >= 0.3 is 0 Å². The molecule has 0 aromatic heterocycles. The summed E-state index contributed by atoms with van der Waals surface area (Å²) >= 11 is 4.35. The standard InChI is InChI=1S/C15H31NS2/c1-3-5-6-7-8-9-10-14(16-4-2)15-13-17-11-12-18-15/h14-16H,3-13H2,1-2H3. The molecule has 3 heteroatoms. The molecule has 0 aromatic carbocycles. The van der Waals surface area contributed by atoms with E-state index in [2.05, 4.69) is 42.7 Å². The van der Waals surface area contributed by atoms with Crippen LogP contribution in [-0.2, 0) is 0 Å². The van der Waals surface area contributed by atoms with E-state index in [0.29, 0.717) is 0 Å². The Hall–Kier alpha value is 0.660. The Balaban J connectivity index is 2.12. The average Bonchev–Trinajstić information content (AvgIpc) is 2.42. The molecule has 18 heavy (non-hydrogen) atoms. The molecule has 1 fully saturated rings. The maximum Gasteiger partial charge on any atom is 0.0291 e. The fourth-order valence-corrected chi connectivity index (χ4v) is 5.49. The van der Waals surface area contributed by atoms with E-state index in [0.717, 1.165) is 17.8 Å². The fourth-order valence-electron chi connectivity index (χ4n) is 2.56. The Kier molecular flexibility index (Phi) is 10.7. The minimum atomic E-state index is 0.763. The maximum absolute atomic E-state index is 3.72. The second-order valence-corrected chi connectivity index (χ2v) is 7.70. The van der Waals surface area contributed by atoms with Gasteiger partial charge in [-0.25, -0.2) is 0 Å². The van der Waals surface area contributed by atoms with E-state index in [1.54, 1.807) is 0 Å². The molecule has 1 heterocycles. The largest absolute Gasteiger partial charge is 0.313 e. The first-order valence-corrected chi connectivity index (χ1v) is 10.0. The van der Waals surface area contributed by atoms with Gasteiger partial charge < -0.3 is 5.32 Å². The van der Waals surface area contributed by atoms with Crippen molar-refractivity contribution in [3.8, 4) is 0 Å². The molecule has 1 N–H and O–H groups in total. The van der Waals surface area contributed by atoms with Gasteiger partial charge in [0.2, 0.25) is 0 Å². The van der Waals surface area contributed by atoms with Crippen LogP contribution < -0.4 is 5.32 Å². The highest BCUT2D eigenvalue weighted by Gasteiger charge is 2.23. The SMILES string of the molecule is CCCCCCCCC(NCC)C1CSCCS1. The molecular formula is C15H31NS2. The van der Waals surface area contributed by atoms with Crippen LogP contribution in [0.15, 0.2) is 0 Å². The second kappa shape index (κ2) is 11.5. The second-order valence-electron chi connectivity index (χ2n) is 5.20. The summed E-state index contributed by atoms with van der Waals surface area (Å²) < 4.78 is 0. The van der Waals surface area contributed by atoms with E-state index < -0.39 is 0 Å². The van der Waals surface area contributed by atoms with Crippen molar-refractivity contribution >= 4 is 23.5 Å². The zero-order chi connectivity index (χ0) is 13.1. The summed E-state index contributed by atoms with van der Waals surface area (Å²) in [7, 11) is 0. The van der Waals surface area contributed by atoms with Crippen molar-refractivity contribution in [1.29, 1.82) is 0 Å². The number of hydrogen-bond acceptors (Lipinski definition) is 3. The molecule has 1 aliphatic rings. The van der Waals surface area contributed by atoms with Gasteiger partial charge in [0.1, 0.15) is 0 Å². The van der Waals surface area contributed by atoms with Crippen LogP contribution in [0.3, 0.4) is 0 Å². The molecule has 0 aromatic rings. The first kappa shape index (κ1) is 16.7. The third-order valence-electron chi connectivity index (χ3n) is 3.63. The molecule has 2 atom stereocenters. The molecule has 1 rings (SSSR count). The highest BCUT2D eigenvalue weighted by Crippen LogP contribution is 2.28. The summed E-state index contributed by atoms with van der Waals surface area (Å²) in [5, 5.41) is 4.58. The molecule has 0 aliphatic carbocycles. The minimum Gasteiger partial charge on any atom is -0.313 e. The normalized spacial score (nSPS) is 22.0. The lowest BCUT2D eigenvalue weighted by atomic mass is 10.0. The van der Waals surface area contributed by atoms with Gasteiger partial charge in [0.15, 0.2) is 0 Å². The van der Waals surface area contributed by atoms with Crippen LogP contribution in [0, 0.1) is 0 Å². The van der Waals surface area contributed by atoms with Crippen molar-refractivity contribution in [2.24, 2.45) is 0 Å². The highest BCUT2D eigenvalue weighted by molar-refractivity contribution is 8.06. The number of unbranched alkanes of at least 4 members (excludes halogenated alkanes) is 5. The molecule has 1 saturated heterocycles. The Morgan fingerprint density at radius 1 is 1.06 bits per heavy atom. The van der Waals surface area contributed by atoms with Crippen molar-refractivity contribution in [3.63, 3.8) is 0 Å². The summed E-state index contributed by atoms with van der Waals surface area (Å²) in [6.45, 7) is 5.66. The van der Waals surface area contributed by atoms with Gasteiger partial charge in [0, 0.05) is 28.6 Å². The van der Waals surface area contributed by atoms with Crippen LogP contribution in [0.4, 0.5) is 0 Å². The monoisotopic (exact) mass is 289 g/mol. The molecule has 108 valence electrons. The van der Waals surface area contributed by atoms with Crippen molar-refractivity contribution in [1.82, 2.24) is 5.32 Å². The van der Waals surface area contributed by atoms with Gasteiger partial charge in [-0.2, -0.15) is 23.5 Å². The van der Waals surface area contributed by atoms with E-state index in [9.17, 15) is 0 Å². The number of hydrogen-bond donors (Lipinski definition) is 1. The van der Waals surface area contributed by atoms with Gasteiger partial charge in [0.05, 0.1) is 0 Å².